The van der Waals surface area contributed by atoms with Gasteiger partial charge in [0, 0.05) is 25.7 Å². The number of halogens is 1. The van der Waals surface area contributed by atoms with Crippen molar-refractivity contribution in [1.29, 1.82) is 0 Å². The largest absolute Gasteiger partial charge is 0.502 e. The van der Waals surface area contributed by atoms with Crippen LogP contribution in [-0.4, -0.2) is 49.5 Å². The zero-order valence-corrected chi connectivity index (χ0v) is 19.3. The minimum Gasteiger partial charge on any atom is -0.502 e. The molecule has 1 amide bonds. The number of carbonyl (C=O) groups is 1. The molecular formula is C22H24FN5O3S. The summed E-state index contributed by atoms with van der Waals surface area (Å²) in [6, 6.07) is 5.94. The molecule has 1 aliphatic heterocycles. The summed E-state index contributed by atoms with van der Waals surface area (Å²) in [5.74, 6) is -1.35. The van der Waals surface area contributed by atoms with E-state index in [1.807, 2.05) is 27.7 Å². The van der Waals surface area contributed by atoms with Crippen molar-refractivity contribution in [3.05, 3.63) is 62.8 Å². The smallest absolute Gasteiger partial charge is 0.278 e. The number of benzene rings is 1. The van der Waals surface area contributed by atoms with Gasteiger partial charge in [0.1, 0.15) is 16.5 Å². The van der Waals surface area contributed by atoms with Crippen LogP contribution in [0.5, 0.6) is 5.75 Å². The Morgan fingerprint density at radius 3 is 2.44 bits per heavy atom. The second kappa shape index (κ2) is 7.70. The lowest BCUT2D eigenvalue weighted by atomic mass is 10.1. The van der Waals surface area contributed by atoms with E-state index in [9.17, 15) is 19.1 Å². The number of rotatable bonds is 4. The second-order valence-corrected chi connectivity index (χ2v) is 9.57. The van der Waals surface area contributed by atoms with Gasteiger partial charge in [-0.3, -0.25) is 19.3 Å². The molecule has 3 aromatic rings. The van der Waals surface area contributed by atoms with Crippen molar-refractivity contribution in [2.45, 2.75) is 45.8 Å². The number of pyridine rings is 1. The Kier molecular flexibility index (Phi) is 5.28. The Labute approximate surface area is 188 Å². The predicted octanol–water partition coefficient (Wildman–Crippen LogP) is 2.97. The Bertz CT molecular complexity index is 1250. The Morgan fingerprint density at radius 1 is 1.16 bits per heavy atom. The lowest BCUT2D eigenvalue weighted by Crippen LogP contribution is -2.67. The van der Waals surface area contributed by atoms with Crippen LogP contribution in [0.25, 0.3) is 10.6 Å². The Balaban J connectivity index is 1.77. The van der Waals surface area contributed by atoms with Crippen LogP contribution in [0.4, 0.5) is 4.39 Å². The second-order valence-electron chi connectivity index (χ2n) is 8.50. The first-order valence-electron chi connectivity index (χ1n) is 10.2. The van der Waals surface area contributed by atoms with Crippen molar-refractivity contribution in [3.63, 3.8) is 0 Å². The van der Waals surface area contributed by atoms with Gasteiger partial charge in [0.15, 0.2) is 16.5 Å². The maximum absolute atomic E-state index is 13.2. The lowest BCUT2D eigenvalue weighted by Gasteiger charge is -2.52. The molecule has 3 heterocycles. The van der Waals surface area contributed by atoms with Crippen molar-refractivity contribution >= 4 is 17.2 Å². The molecule has 0 saturated carbocycles. The highest BCUT2D eigenvalue weighted by Crippen LogP contribution is 2.33. The summed E-state index contributed by atoms with van der Waals surface area (Å²) in [7, 11) is 1.79. The Morgan fingerprint density at radius 2 is 1.81 bits per heavy atom. The van der Waals surface area contributed by atoms with Crippen LogP contribution >= 0.6 is 11.3 Å². The average molecular weight is 458 g/mol. The number of hydrogen-bond donors (Lipinski definition) is 1. The van der Waals surface area contributed by atoms with Gasteiger partial charge in [-0.1, -0.05) is 23.5 Å². The van der Waals surface area contributed by atoms with Crippen LogP contribution in [0, 0.1) is 5.82 Å². The number of carbonyl (C=O) groups excluding carboxylic acids is 1. The first kappa shape index (κ1) is 21.9. The minimum atomic E-state index is -0.702. The number of nitrogens with zero attached hydrogens (tertiary/aromatic N) is 5. The summed E-state index contributed by atoms with van der Waals surface area (Å²) in [6.07, 6.45) is 1.96. The van der Waals surface area contributed by atoms with Gasteiger partial charge >= 0.3 is 0 Å². The molecule has 0 bridgehead atoms. The van der Waals surface area contributed by atoms with Gasteiger partial charge in [-0.05, 0) is 45.4 Å². The fraction of sp³-hybridized carbons (Fsp3) is 0.364. The standard InChI is InChI=1S/C22H24FN5O3S/c1-12(2)28-21(31)17-19(30)18(29)15(11-27(17)26(5)22(28,3)4)20-25-24-16(32-20)10-13-6-8-14(23)9-7-13/h6-9,11-12,30H,10H2,1-5H3. The maximum Gasteiger partial charge on any atom is 0.278 e. The Hall–Kier alpha value is -3.27. The van der Waals surface area contributed by atoms with Gasteiger partial charge in [0.05, 0.1) is 5.56 Å². The van der Waals surface area contributed by atoms with Gasteiger partial charge < -0.3 is 10.0 Å². The highest BCUT2D eigenvalue weighted by molar-refractivity contribution is 7.14. The van der Waals surface area contributed by atoms with Gasteiger partial charge in [-0.25, -0.2) is 4.39 Å². The first-order valence-corrected chi connectivity index (χ1v) is 11.0. The molecule has 0 aliphatic carbocycles. The molecule has 0 spiro atoms. The number of amides is 1. The molecule has 4 rings (SSSR count). The van der Waals surface area contributed by atoms with Crippen LogP contribution in [0.1, 0.15) is 48.8 Å². The van der Waals surface area contributed by atoms with Gasteiger partial charge in [0.2, 0.25) is 5.43 Å². The molecule has 0 unspecified atom stereocenters. The van der Waals surface area contributed by atoms with Crippen molar-refractivity contribution in [2.75, 3.05) is 12.1 Å². The van der Waals surface area contributed by atoms with Crippen LogP contribution in [0.3, 0.4) is 0 Å². The van der Waals surface area contributed by atoms with E-state index in [0.29, 0.717) is 16.4 Å². The quantitative estimate of drug-likeness (QED) is 0.648. The molecule has 1 aromatic carbocycles. The molecule has 2 aromatic heterocycles. The molecule has 1 aliphatic rings. The number of fused-ring (bicyclic) bond motifs is 1. The normalized spacial score (nSPS) is 15.4. The molecule has 10 heteroatoms. The van der Waals surface area contributed by atoms with Crippen molar-refractivity contribution in [1.82, 2.24) is 19.8 Å². The van der Waals surface area contributed by atoms with Gasteiger partial charge in [-0.15, -0.1) is 10.2 Å². The molecular weight excluding hydrogens is 433 g/mol. The summed E-state index contributed by atoms with van der Waals surface area (Å²) in [5.41, 5.74) is -0.440. The molecule has 0 fully saturated rings. The van der Waals surface area contributed by atoms with Gasteiger partial charge in [-0.2, -0.15) is 0 Å². The number of hydrogen-bond acceptors (Lipinski definition) is 7. The zero-order chi connectivity index (χ0) is 23.4. The van der Waals surface area contributed by atoms with E-state index < -0.39 is 22.7 Å². The third kappa shape index (κ3) is 3.44. The molecule has 1 N–H and O–H groups in total. The average Bonchev–Trinajstić information content (AvgIpc) is 3.17. The molecule has 168 valence electrons. The molecule has 0 atom stereocenters. The van der Waals surface area contributed by atoms with E-state index in [0.717, 1.165) is 5.56 Å². The van der Waals surface area contributed by atoms with Crippen LogP contribution in [0.2, 0.25) is 0 Å². The highest BCUT2D eigenvalue weighted by Gasteiger charge is 2.45. The zero-order valence-electron chi connectivity index (χ0n) is 18.5. The maximum atomic E-state index is 13.2. The highest BCUT2D eigenvalue weighted by atomic mass is 32.1. The van der Waals surface area contributed by atoms with E-state index in [1.165, 1.54) is 34.3 Å². The van der Waals surface area contributed by atoms with E-state index >= 15 is 0 Å². The van der Waals surface area contributed by atoms with E-state index in [4.69, 9.17) is 0 Å². The van der Waals surface area contributed by atoms with Crippen LogP contribution in [0.15, 0.2) is 35.3 Å². The predicted molar refractivity (Wildman–Crippen MR) is 120 cm³/mol. The molecule has 0 saturated heterocycles. The van der Waals surface area contributed by atoms with E-state index in [-0.39, 0.29) is 23.1 Å². The van der Waals surface area contributed by atoms with Crippen molar-refractivity contribution in [2.24, 2.45) is 0 Å². The summed E-state index contributed by atoms with van der Waals surface area (Å²) in [5, 5.41) is 21.8. The summed E-state index contributed by atoms with van der Waals surface area (Å²) >= 11 is 1.21. The SMILES string of the molecule is CC(C)N1C(=O)c2c(O)c(=O)c(-c3nnc(Cc4ccc(F)cc4)s3)cn2N(C)C1(C)C. The fourth-order valence-corrected chi connectivity index (χ4v) is 4.92. The molecule has 32 heavy (non-hydrogen) atoms. The lowest BCUT2D eigenvalue weighted by molar-refractivity contribution is 0.0281. The van der Waals surface area contributed by atoms with Gasteiger partial charge in [0.25, 0.3) is 5.91 Å². The summed E-state index contributed by atoms with van der Waals surface area (Å²) in [6.45, 7) is 7.57. The van der Waals surface area contributed by atoms with E-state index in [2.05, 4.69) is 10.2 Å². The van der Waals surface area contributed by atoms with Crippen molar-refractivity contribution in [3.8, 4) is 16.3 Å². The third-order valence-corrected chi connectivity index (χ3v) is 6.73. The topological polar surface area (TPSA) is 91.6 Å². The van der Waals surface area contributed by atoms with Crippen molar-refractivity contribution < 1.29 is 14.3 Å². The fourth-order valence-electron chi connectivity index (χ4n) is 4.04. The minimum absolute atomic E-state index is 0.0784. The van der Waals surface area contributed by atoms with E-state index in [1.54, 1.807) is 29.1 Å². The van der Waals surface area contributed by atoms with Crippen LogP contribution < -0.4 is 10.4 Å². The molecule has 0 radical (unpaired) electrons. The number of aromatic nitrogens is 3. The van der Waals surface area contributed by atoms with Crippen LogP contribution in [-0.2, 0) is 6.42 Å². The molecule has 8 nitrogen and oxygen atoms in total. The third-order valence-electron chi connectivity index (χ3n) is 5.77. The summed E-state index contributed by atoms with van der Waals surface area (Å²) < 4.78 is 14.6. The monoisotopic (exact) mass is 457 g/mol. The first-order chi connectivity index (χ1) is 15.0. The number of aromatic hydroxyl groups is 1. The summed E-state index contributed by atoms with van der Waals surface area (Å²) in [4.78, 5) is 27.8.